The quantitative estimate of drug-likeness (QED) is 0.297. The third-order valence-corrected chi connectivity index (χ3v) is 8.13. The summed E-state index contributed by atoms with van der Waals surface area (Å²) in [6.45, 7) is 7.39. The number of nitrogens with zero attached hydrogens (tertiary/aromatic N) is 3. The predicted molar refractivity (Wildman–Crippen MR) is 164 cm³/mol. The average Bonchev–Trinajstić information content (AvgIpc) is 3.75. The van der Waals surface area contributed by atoms with Gasteiger partial charge in [0, 0.05) is 41.6 Å². The maximum Gasteiger partial charge on any atom is 0.433 e. The molecule has 11 heteroatoms. The molecule has 0 bridgehead atoms. The van der Waals surface area contributed by atoms with Crippen LogP contribution >= 0.6 is 23.2 Å². The van der Waals surface area contributed by atoms with E-state index in [-0.39, 0.29) is 60.2 Å². The number of halogens is 3. The zero-order chi connectivity index (χ0) is 31.5. The van der Waals surface area contributed by atoms with Crippen LogP contribution in [0.25, 0.3) is 0 Å². The molecule has 4 rings (SSSR count). The number of nitriles is 1. The van der Waals surface area contributed by atoms with Crippen molar-refractivity contribution in [2.45, 2.75) is 71.4 Å². The van der Waals surface area contributed by atoms with E-state index in [0.717, 1.165) is 30.0 Å². The van der Waals surface area contributed by atoms with Crippen LogP contribution in [0.2, 0.25) is 10.0 Å². The molecule has 1 saturated carbocycles. The van der Waals surface area contributed by atoms with E-state index in [1.54, 1.807) is 31.7 Å². The molecule has 1 aliphatic heterocycles. The molecule has 8 nitrogen and oxygen atoms in total. The highest BCUT2D eigenvalue weighted by Crippen LogP contribution is 2.39. The largest absolute Gasteiger partial charge is 0.442 e. The van der Waals surface area contributed by atoms with Gasteiger partial charge in [0.15, 0.2) is 0 Å². The molecule has 2 atom stereocenters. The lowest BCUT2D eigenvalue weighted by Crippen LogP contribution is -2.42. The van der Waals surface area contributed by atoms with E-state index in [2.05, 4.69) is 10.3 Å². The van der Waals surface area contributed by atoms with Gasteiger partial charge in [-0.15, -0.1) is 0 Å². The highest BCUT2D eigenvalue weighted by atomic mass is 35.5. The third-order valence-electron chi connectivity index (χ3n) is 7.59. The molecule has 0 aromatic heterocycles. The highest BCUT2D eigenvalue weighted by molar-refractivity contribution is 6.35. The fraction of sp³-hybridized carbons (Fsp3) is 0.469. The van der Waals surface area contributed by atoms with Crippen molar-refractivity contribution < 1.29 is 23.5 Å². The molecule has 0 saturated heterocycles. The Labute approximate surface area is 261 Å². The molecule has 0 radical (unpaired) electrons. The van der Waals surface area contributed by atoms with Crippen LogP contribution in [0.4, 0.5) is 14.9 Å². The zero-order valence-corrected chi connectivity index (χ0v) is 26.2. The molecule has 2 amide bonds. The van der Waals surface area contributed by atoms with E-state index < -0.39 is 17.5 Å². The molecule has 2 aromatic rings. The lowest BCUT2D eigenvalue weighted by molar-refractivity contribution is -0.131. The SMILES string of the molecule is CC1c2c(Cl)cc(Cl)cc2CCN1C(=O)CNc1cc(CC(=O)CC(/C=N\C(=O)OC(C)(C)C)C2CC2)c(C#N)cc1F. The molecule has 1 fully saturated rings. The van der Waals surface area contributed by atoms with Crippen LogP contribution < -0.4 is 5.32 Å². The summed E-state index contributed by atoms with van der Waals surface area (Å²) in [5.41, 5.74) is 1.59. The van der Waals surface area contributed by atoms with Crippen molar-refractivity contribution in [3.05, 3.63) is 62.4 Å². The van der Waals surface area contributed by atoms with Gasteiger partial charge >= 0.3 is 6.09 Å². The molecule has 2 aliphatic rings. The summed E-state index contributed by atoms with van der Waals surface area (Å²) in [6, 6.07) is 7.65. The standard InChI is InChI=1S/C32H35Cl2FN4O4/c1-18-30-20(9-24(33)14-26(30)34)7-8-39(18)29(41)17-37-28-13-21(22(15-36)12-27(28)35)10-25(40)11-23(19-5-6-19)16-38-31(42)43-32(2,3)4/h9,12-14,16,18-19,23,37H,5-8,10-11,17H2,1-4H3/b38-16-. The highest BCUT2D eigenvalue weighted by Gasteiger charge is 2.32. The molecule has 228 valence electrons. The number of aliphatic imine (C=N–C) groups is 1. The summed E-state index contributed by atoms with van der Waals surface area (Å²) in [5, 5.41) is 13.5. The van der Waals surface area contributed by atoms with Gasteiger partial charge in [0.2, 0.25) is 5.91 Å². The first-order valence-electron chi connectivity index (χ1n) is 14.3. The van der Waals surface area contributed by atoms with Crippen molar-refractivity contribution in [1.29, 1.82) is 5.26 Å². The van der Waals surface area contributed by atoms with Gasteiger partial charge in [-0.25, -0.2) is 9.18 Å². The first kappa shape index (κ1) is 32.4. The Morgan fingerprint density at radius 3 is 2.60 bits per heavy atom. The van der Waals surface area contributed by atoms with E-state index in [0.29, 0.717) is 28.6 Å². The number of hydrogen-bond acceptors (Lipinski definition) is 6. The van der Waals surface area contributed by atoms with Crippen LogP contribution in [0.3, 0.4) is 0 Å². The molecule has 2 aromatic carbocycles. The molecule has 1 N–H and O–H groups in total. The molecule has 1 aliphatic carbocycles. The number of ether oxygens (including phenoxy) is 1. The average molecular weight is 630 g/mol. The molecule has 43 heavy (non-hydrogen) atoms. The minimum atomic E-state index is -0.711. The smallest absolute Gasteiger partial charge is 0.433 e. The predicted octanol–water partition coefficient (Wildman–Crippen LogP) is 7.10. The molecule has 0 spiro atoms. The second kappa shape index (κ2) is 13.4. The summed E-state index contributed by atoms with van der Waals surface area (Å²) >= 11 is 12.6. The number of amides is 2. The number of Topliss-reactive ketones (excluding diaryl/α,β-unsaturated/α-hetero) is 1. The number of hydrogen-bond donors (Lipinski definition) is 1. The fourth-order valence-electron chi connectivity index (χ4n) is 5.38. The Bertz CT molecular complexity index is 1490. The second-order valence-corrected chi connectivity index (χ2v) is 13.0. The van der Waals surface area contributed by atoms with Crippen molar-refractivity contribution in [1.82, 2.24) is 4.90 Å². The Balaban J connectivity index is 1.41. The third kappa shape index (κ3) is 8.55. The van der Waals surface area contributed by atoms with Crippen molar-refractivity contribution in [3.63, 3.8) is 0 Å². The van der Waals surface area contributed by atoms with Crippen LogP contribution in [0, 0.1) is 29.0 Å². The number of fused-ring (bicyclic) bond motifs is 1. The summed E-state index contributed by atoms with van der Waals surface area (Å²) < 4.78 is 20.1. The first-order chi connectivity index (χ1) is 20.3. The number of anilines is 1. The van der Waals surface area contributed by atoms with E-state index >= 15 is 0 Å². The zero-order valence-electron chi connectivity index (χ0n) is 24.7. The van der Waals surface area contributed by atoms with E-state index in [9.17, 15) is 24.0 Å². The van der Waals surface area contributed by atoms with Gasteiger partial charge in [-0.05, 0) is 93.8 Å². The normalized spacial score (nSPS) is 17.3. The van der Waals surface area contributed by atoms with Gasteiger partial charge in [-0.1, -0.05) is 23.2 Å². The van der Waals surface area contributed by atoms with Crippen molar-refractivity contribution in [3.8, 4) is 6.07 Å². The van der Waals surface area contributed by atoms with Gasteiger partial charge < -0.3 is 15.0 Å². The lowest BCUT2D eigenvalue weighted by Gasteiger charge is -2.36. The summed E-state index contributed by atoms with van der Waals surface area (Å²) in [5.74, 6) is -1.10. The number of ketones is 1. The van der Waals surface area contributed by atoms with E-state index in [1.807, 2.05) is 19.1 Å². The van der Waals surface area contributed by atoms with Crippen LogP contribution in [-0.4, -0.2) is 47.6 Å². The Hall–Kier alpha value is -3.48. The minimum Gasteiger partial charge on any atom is -0.442 e. The summed E-state index contributed by atoms with van der Waals surface area (Å²) in [6.07, 6.45) is 3.26. The van der Waals surface area contributed by atoms with Gasteiger partial charge in [-0.2, -0.15) is 10.3 Å². The van der Waals surface area contributed by atoms with Gasteiger partial charge in [-0.3, -0.25) is 9.59 Å². The second-order valence-electron chi connectivity index (χ2n) is 12.1. The number of rotatable bonds is 9. The maximum atomic E-state index is 14.9. The van der Waals surface area contributed by atoms with Crippen molar-refractivity contribution in [2.75, 3.05) is 18.4 Å². The van der Waals surface area contributed by atoms with Crippen LogP contribution in [0.5, 0.6) is 0 Å². The molecular formula is C32H35Cl2FN4O4. The molecule has 2 unspecified atom stereocenters. The summed E-state index contributed by atoms with van der Waals surface area (Å²) in [7, 11) is 0. The Morgan fingerprint density at radius 1 is 1.23 bits per heavy atom. The number of carbonyl (C=O) groups is 3. The fourth-order valence-corrected chi connectivity index (χ4v) is 6.07. The number of benzene rings is 2. The van der Waals surface area contributed by atoms with Crippen molar-refractivity contribution >= 4 is 52.9 Å². The van der Waals surface area contributed by atoms with Crippen molar-refractivity contribution in [2.24, 2.45) is 16.8 Å². The maximum absolute atomic E-state index is 14.9. The van der Waals surface area contributed by atoms with Gasteiger partial charge in [0.05, 0.1) is 29.9 Å². The van der Waals surface area contributed by atoms with Gasteiger partial charge in [0.1, 0.15) is 17.2 Å². The Kier molecular flexibility index (Phi) is 10.1. The monoisotopic (exact) mass is 628 g/mol. The first-order valence-corrected chi connectivity index (χ1v) is 15.0. The van der Waals surface area contributed by atoms with Gasteiger partial charge in [0.25, 0.3) is 0 Å². The summed E-state index contributed by atoms with van der Waals surface area (Å²) in [4.78, 5) is 43.8. The van der Waals surface area contributed by atoms with Crippen LogP contribution in [0.15, 0.2) is 29.3 Å². The lowest BCUT2D eigenvalue weighted by atomic mass is 9.93. The number of nitrogens with one attached hydrogen (secondary N) is 1. The Morgan fingerprint density at radius 2 is 1.95 bits per heavy atom. The van der Waals surface area contributed by atoms with Crippen LogP contribution in [-0.2, 0) is 27.2 Å². The molecular weight excluding hydrogens is 594 g/mol. The number of carbonyl (C=O) groups excluding carboxylic acids is 3. The van der Waals surface area contributed by atoms with Crippen LogP contribution in [0.1, 0.15) is 75.3 Å². The molecule has 1 heterocycles. The van der Waals surface area contributed by atoms with E-state index in [4.69, 9.17) is 27.9 Å². The minimum absolute atomic E-state index is 0.0234. The topological polar surface area (TPSA) is 112 Å². The van der Waals surface area contributed by atoms with E-state index in [1.165, 1.54) is 12.3 Å².